The summed E-state index contributed by atoms with van der Waals surface area (Å²) in [6.07, 6.45) is 8.79. The fourth-order valence-corrected chi connectivity index (χ4v) is 10.4. The Kier molecular flexibility index (Phi) is 9.67. The SMILES string of the molecule is CC[Si](CC)(CC)OC(C)(C)/C=C/[C@@H](O)[C@@H](C)[C@H]1CC[C@H]2[C@@H](OC(=O)c3ccccc3)CCC[C@]12C. The van der Waals surface area contributed by atoms with Crippen molar-refractivity contribution in [2.24, 2.45) is 23.2 Å². The lowest BCUT2D eigenvalue weighted by molar-refractivity contribution is -0.0538. The number of hydrogen-bond donors (Lipinski definition) is 1. The monoisotopic (exact) mass is 514 g/mol. The van der Waals surface area contributed by atoms with Gasteiger partial charge >= 0.3 is 5.97 Å². The molecule has 1 aromatic rings. The zero-order valence-electron chi connectivity index (χ0n) is 23.8. The van der Waals surface area contributed by atoms with Crippen molar-refractivity contribution in [3.8, 4) is 0 Å². The van der Waals surface area contributed by atoms with Crippen molar-refractivity contribution in [3.05, 3.63) is 48.0 Å². The second-order valence-corrected chi connectivity index (χ2v) is 16.8. The van der Waals surface area contributed by atoms with Crippen molar-refractivity contribution in [2.45, 2.75) is 117 Å². The molecule has 0 spiro atoms. The van der Waals surface area contributed by atoms with Crippen molar-refractivity contribution in [2.75, 3.05) is 0 Å². The molecule has 0 unspecified atom stereocenters. The molecule has 0 heterocycles. The van der Waals surface area contributed by atoms with Crippen molar-refractivity contribution in [1.29, 1.82) is 0 Å². The Balaban J connectivity index is 1.67. The third kappa shape index (κ3) is 6.34. The van der Waals surface area contributed by atoms with Crippen LogP contribution < -0.4 is 0 Å². The van der Waals surface area contributed by atoms with Crippen LogP contribution in [0.4, 0.5) is 0 Å². The van der Waals surface area contributed by atoms with Gasteiger partial charge in [0.05, 0.1) is 17.3 Å². The maximum atomic E-state index is 12.8. The first-order chi connectivity index (χ1) is 17.0. The van der Waals surface area contributed by atoms with Crippen LogP contribution in [-0.4, -0.2) is 37.2 Å². The molecule has 2 saturated carbocycles. The Bertz CT molecular complexity index is 870. The fraction of sp³-hybridized carbons (Fsp3) is 0.710. The molecule has 1 N–H and O–H groups in total. The molecule has 0 aromatic heterocycles. The number of carbonyl (C=O) groups is 1. The number of ether oxygens (including phenoxy) is 1. The summed E-state index contributed by atoms with van der Waals surface area (Å²) < 4.78 is 12.8. The summed E-state index contributed by atoms with van der Waals surface area (Å²) in [4.78, 5) is 12.8. The molecule has 202 valence electrons. The van der Waals surface area contributed by atoms with Gasteiger partial charge in [0, 0.05) is 5.92 Å². The number of fused-ring (bicyclic) bond motifs is 1. The summed E-state index contributed by atoms with van der Waals surface area (Å²) in [5.74, 6) is 0.686. The molecule has 0 bridgehead atoms. The average Bonchev–Trinajstić information content (AvgIpc) is 3.23. The topological polar surface area (TPSA) is 55.8 Å². The van der Waals surface area contributed by atoms with Gasteiger partial charge in [-0.05, 0) is 93.5 Å². The van der Waals surface area contributed by atoms with Gasteiger partial charge in [-0.3, -0.25) is 0 Å². The van der Waals surface area contributed by atoms with Crippen LogP contribution in [0.25, 0.3) is 0 Å². The van der Waals surface area contributed by atoms with Crippen LogP contribution in [0, 0.1) is 23.2 Å². The van der Waals surface area contributed by atoms with Gasteiger partial charge < -0.3 is 14.3 Å². The molecule has 36 heavy (non-hydrogen) atoms. The number of carbonyl (C=O) groups excluding carboxylic acids is 1. The predicted molar refractivity (Wildman–Crippen MR) is 150 cm³/mol. The van der Waals surface area contributed by atoms with Crippen molar-refractivity contribution < 1.29 is 19.1 Å². The molecule has 2 aliphatic carbocycles. The van der Waals surface area contributed by atoms with Crippen LogP contribution in [0.2, 0.25) is 18.1 Å². The number of aliphatic hydroxyl groups excluding tert-OH is 1. The number of hydrogen-bond acceptors (Lipinski definition) is 4. The molecule has 5 heteroatoms. The number of aliphatic hydroxyl groups is 1. The first kappa shape index (κ1) is 29.1. The number of esters is 1. The van der Waals surface area contributed by atoms with Crippen LogP contribution in [0.15, 0.2) is 42.5 Å². The van der Waals surface area contributed by atoms with E-state index in [0.29, 0.717) is 17.4 Å². The third-order valence-corrected chi connectivity index (χ3v) is 14.5. The minimum absolute atomic E-state index is 0.0381. The Labute approximate surface area is 221 Å². The van der Waals surface area contributed by atoms with Gasteiger partial charge in [0.15, 0.2) is 8.32 Å². The molecular formula is C31H50O4Si. The van der Waals surface area contributed by atoms with Gasteiger partial charge in [-0.2, -0.15) is 0 Å². The Morgan fingerprint density at radius 1 is 1.14 bits per heavy atom. The lowest BCUT2D eigenvalue weighted by atomic mass is 9.61. The lowest BCUT2D eigenvalue weighted by Gasteiger charge is -2.46. The van der Waals surface area contributed by atoms with E-state index in [1.807, 2.05) is 36.4 Å². The lowest BCUT2D eigenvalue weighted by Crippen LogP contribution is -2.45. The normalized spacial score (nSPS) is 28.6. The minimum Gasteiger partial charge on any atom is -0.458 e. The van der Waals surface area contributed by atoms with Gasteiger partial charge in [-0.25, -0.2) is 4.79 Å². The summed E-state index contributed by atoms with van der Waals surface area (Å²) in [6.45, 7) is 15.6. The molecule has 1 aromatic carbocycles. The fourth-order valence-electron chi connectivity index (χ4n) is 7.25. The molecule has 0 saturated heterocycles. The molecule has 2 fully saturated rings. The van der Waals surface area contributed by atoms with E-state index in [9.17, 15) is 9.90 Å². The summed E-state index contributed by atoms with van der Waals surface area (Å²) in [5.41, 5.74) is 0.326. The van der Waals surface area contributed by atoms with Gasteiger partial charge in [-0.15, -0.1) is 0 Å². The van der Waals surface area contributed by atoms with E-state index >= 15 is 0 Å². The zero-order chi connectivity index (χ0) is 26.6. The molecule has 2 aliphatic rings. The highest BCUT2D eigenvalue weighted by Gasteiger charge is 2.54. The van der Waals surface area contributed by atoms with E-state index in [1.54, 1.807) is 0 Å². The first-order valence-electron chi connectivity index (χ1n) is 14.3. The van der Waals surface area contributed by atoms with Gasteiger partial charge in [-0.1, -0.05) is 65.0 Å². The third-order valence-electron chi connectivity index (χ3n) is 9.68. The second-order valence-electron chi connectivity index (χ2n) is 12.2. The molecular weight excluding hydrogens is 464 g/mol. The Morgan fingerprint density at radius 3 is 2.39 bits per heavy atom. The smallest absolute Gasteiger partial charge is 0.338 e. The molecule has 0 amide bonds. The van der Waals surface area contributed by atoms with Gasteiger partial charge in [0.2, 0.25) is 0 Å². The van der Waals surface area contributed by atoms with E-state index < -0.39 is 14.4 Å². The maximum Gasteiger partial charge on any atom is 0.338 e. The molecule has 3 rings (SSSR count). The highest BCUT2D eigenvalue weighted by molar-refractivity contribution is 6.73. The van der Waals surface area contributed by atoms with Crippen LogP contribution in [0.5, 0.6) is 0 Å². The largest absolute Gasteiger partial charge is 0.458 e. The van der Waals surface area contributed by atoms with E-state index in [2.05, 4.69) is 54.5 Å². The van der Waals surface area contributed by atoms with Crippen LogP contribution in [-0.2, 0) is 9.16 Å². The summed E-state index contributed by atoms with van der Waals surface area (Å²) in [6, 6.07) is 12.7. The van der Waals surface area contributed by atoms with E-state index in [-0.39, 0.29) is 29.0 Å². The Hall–Kier alpha value is -1.43. The van der Waals surface area contributed by atoms with Crippen LogP contribution >= 0.6 is 0 Å². The quantitative estimate of drug-likeness (QED) is 0.186. The van der Waals surface area contributed by atoms with Crippen LogP contribution in [0.1, 0.15) is 90.9 Å². The van der Waals surface area contributed by atoms with Crippen molar-refractivity contribution in [3.63, 3.8) is 0 Å². The maximum absolute atomic E-state index is 12.8. The molecule has 6 atom stereocenters. The standard InChI is InChI=1S/C31H50O4Si/c1-8-36(9-2,10-3)35-30(5,6)22-20-27(32)23(4)25-18-19-26-28(17-14-21-31(25,26)7)34-29(33)24-15-12-11-13-16-24/h11-13,15-16,20,22-23,25-28,32H,8-10,14,17-19,21H2,1-7H3/b22-20+/t23-,25+,26-,27+,28-,31+/m0/s1. The van der Waals surface area contributed by atoms with Crippen LogP contribution in [0.3, 0.4) is 0 Å². The van der Waals surface area contributed by atoms with Gasteiger partial charge in [0.1, 0.15) is 6.10 Å². The first-order valence-corrected chi connectivity index (χ1v) is 16.9. The van der Waals surface area contributed by atoms with Crippen molar-refractivity contribution >= 4 is 14.3 Å². The highest BCUT2D eigenvalue weighted by Crippen LogP contribution is 2.58. The number of rotatable bonds is 11. The van der Waals surface area contributed by atoms with E-state index in [4.69, 9.17) is 9.16 Å². The summed E-state index contributed by atoms with van der Waals surface area (Å²) in [5, 5.41) is 11.3. The second kappa shape index (κ2) is 12.0. The van der Waals surface area contributed by atoms with Crippen molar-refractivity contribution in [1.82, 2.24) is 0 Å². The van der Waals surface area contributed by atoms with E-state index in [1.165, 1.54) is 0 Å². The summed E-state index contributed by atoms with van der Waals surface area (Å²) in [7, 11) is -1.73. The highest BCUT2D eigenvalue weighted by atomic mass is 28.4. The minimum atomic E-state index is -1.73. The summed E-state index contributed by atoms with van der Waals surface area (Å²) >= 11 is 0. The predicted octanol–water partition coefficient (Wildman–Crippen LogP) is 7.78. The average molecular weight is 515 g/mol. The molecule has 4 nitrogen and oxygen atoms in total. The zero-order valence-corrected chi connectivity index (χ0v) is 24.8. The Morgan fingerprint density at radius 2 is 1.78 bits per heavy atom. The van der Waals surface area contributed by atoms with Gasteiger partial charge in [0.25, 0.3) is 0 Å². The van der Waals surface area contributed by atoms with E-state index in [0.717, 1.165) is 50.2 Å². The molecule has 0 radical (unpaired) electrons. The number of benzene rings is 1. The molecule has 0 aliphatic heterocycles.